The third-order valence-electron chi connectivity index (χ3n) is 1.89. The van der Waals surface area contributed by atoms with Crippen molar-refractivity contribution < 1.29 is 9.23 Å². The summed E-state index contributed by atoms with van der Waals surface area (Å²) in [4.78, 5) is 4.41. The van der Waals surface area contributed by atoms with E-state index in [2.05, 4.69) is 4.84 Å². The van der Waals surface area contributed by atoms with E-state index >= 15 is 0 Å². The third-order valence-corrected chi connectivity index (χ3v) is 1.89. The van der Waals surface area contributed by atoms with Gasteiger partial charge < -0.3 is 4.84 Å². The first-order valence-corrected chi connectivity index (χ1v) is 4.48. The van der Waals surface area contributed by atoms with Gasteiger partial charge in [0.1, 0.15) is 5.82 Å². The summed E-state index contributed by atoms with van der Waals surface area (Å²) >= 11 is 0. The Balaban J connectivity index is 2.59. The van der Waals surface area contributed by atoms with Crippen LogP contribution in [0, 0.1) is 12.7 Å². The maximum absolute atomic E-state index is 12.9. The lowest BCUT2D eigenvalue weighted by Crippen LogP contribution is -1.98. The number of halogens is 1. The summed E-state index contributed by atoms with van der Waals surface area (Å²) < 4.78 is 12.9. The predicted molar refractivity (Wildman–Crippen MR) is 54.9 cm³/mol. The van der Waals surface area contributed by atoms with Crippen molar-refractivity contribution in [1.29, 1.82) is 0 Å². The normalized spacial score (nSPS) is 11.1. The molecule has 1 rings (SSSR count). The maximum Gasteiger partial charge on any atom is 0.126 e. The second-order valence-corrected chi connectivity index (χ2v) is 3.07. The molecule has 0 fully saturated rings. The fraction of sp³-hybridized carbons (Fsp3) is 0.273. The second kappa shape index (κ2) is 5.52. The summed E-state index contributed by atoms with van der Waals surface area (Å²) in [5.41, 5.74) is 1.64. The van der Waals surface area contributed by atoms with Crippen molar-refractivity contribution in [3.63, 3.8) is 0 Å². The number of hydrogen-bond donors (Lipinski definition) is 1. The smallest absolute Gasteiger partial charge is 0.126 e. The quantitative estimate of drug-likeness (QED) is 0.591. The molecule has 0 aliphatic rings. The minimum Gasteiger partial charge on any atom is -0.304 e. The molecule has 76 valence electrons. The molecule has 0 bridgehead atoms. The van der Waals surface area contributed by atoms with Crippen LogP contribution in [0.2, 0.25) is 0 Å². The van der Waals surface area contributed by atoms with Crippen LogP contribution in [0.1, 0.15) is 17.5 Å². The predicted octanol–water partition coefficient (Wildman–Crippen LogP) is 2.43. The van der Waals surface area contributed by atoms with Crippen LogP contribution in [0.4, 0.5) is 4.39 Å². The molecule has 0 unspecified atom stereocenters. The fourth-order valence-corrected chi connectivity index (χ4v) is 1.13. The van der Waals surface area contributed by atoms with E-state index in [1.54, 1.807) is 19.1 Å². The van der Waals surface area contributed by atoms with Crippen LogP contribution in [-0.4, -0.2) is 6.61 Å². The summed E-state index contributed by atoms with van der Waals surface area (Å²) in [7, 11) is 0. The molecular weight excluding hydrogens is 181 g/mol. The highest BCUT2D eigenvalue weighted by atomic mass is 19.1. The van der Waals surface area contributed by atoms with Gasteiger partial charge in [0, 0.05) is 0 Å². The van der Waals surface area contributed by atoms with Crippen LogP contribution in [0.15, 0.2) is 24.3 Å². The Kier molecular flexibility index (Phi) is 4.29. The number of aryl methyl sites for hydroxylation is 1. The molecule has 0 atom stereocenters. The van der Waals surface area contributed by atoms with Gasteiger partial charge in [-0.15, -0.1) is 0 Å². The van der Waals surface area contributed by atoms with E-state index in [9.17, 15) is 4.39 Å². The van der Waals surface area contributed by atoms with E-state index in [1.165, 1.54) is 6.07 Å². The average Bonchev–Trinajstić information content (AvgIpc) is 2.18. The van der Waals surface area contributed by atoms with E-state index in [-0.39, 0.29) is 5.82 Å². The van der Waals surface area contributed by atoms with Gasteiger partial charge in [0.25, 0.3) is 0 Å². The van der Waals surface area contributed by atoms with Crippen molar-refractivity contribution in [2.75, 3.05) is 6.61 Å². The van der Waals surface area contributed by atoms with Gasteiger partial charge in [0.05, 0.1) is 6.61 Å². The fourth-order valence-electron chi connectivity index (χ4n) is 1.13. The van der Waals surface area contributed by atoms with Crippen LogP contribution in [-0.2, 0) is 4.84 Å². The molecule has 0 aromatic heterocycles. The molecule has 0 aliphatic carbocycles. The molecule has 0 heterocycles. The molecule has 1 aromatic rings. The molecule has 0 saturated carbocycles. The zero-order valence-electron chi connectivity index (χ0n) is 8.16. The van der Waals surface area contributed by atoms with Gasteiger partial charge in [-0.2, -0.15) is 0 Å². The van der Waals surface area contributed by atoms with Crippen molar-refractivity contribution in [1.82, 2.24) is 0 Å². The molecule has 1 aromatic carbocycles. The molecule has 3 heteroatoms. The van der Waals surface area contributed by atoms with E-state index in [0.717, 1.165) is 12.0 Å². The van der Waals surface area contributed by atoms with E-state index < -0.39 is 0 Å². The number of nitrogens with two attached hydrogens (primary N) is 1. The van der Waals surface area contributed by atoms with Gasteiger partial charge in [-0.3, -0.25) is 0 Å². The maximum atomic E-state index is 12.9. The van der Waals surface area contributed by atoms with Crippen molar-refractivity contribution in [3.05, 3.63) is 41.2 Å². The van der Waals surface area contributed by atoms with Gasteiger partial charge in [0.2, 0.25) is 0 Å². The SMILES string of the molecule is Cc1cc(/C=C/CCON)ccc1F. The Morgan fingerprint density at radius 1 is 1.50 bits per heavy atom. The van der Waals surface area contributed by atoms with Gasteiger partial charge >= 0.3 is 0 Å². The lowest BCUT2D eigenvalue weighted by atomic mass is 10.1. The standard InChI is InChI=1S/C11H14FNO/c1-9-8-10(5-6-11(9)12)4-2-3-7-14-13/h2,4-6,8H,3,7,13H2,1H3/b4-2+. The van der Waals surface area contributed by atoms with Crippen molar-refractivity contribution in [2.45, 2.75) is 13.3 Å². The summed E-state index contributed by atoms with van der Waals surface area (Å²) in [6.45, 7) is 2.24. The number of hydrogen-bond acceptors (Lipinski definition) is 2. The zero-order chi connectivity index (χ0) is 10.4. The minimum absolute atomic E-state index is 0.174. The van der Waals surface area contributed by atoms with Crippen LogP contribution < -0.4 is 5.90 Å². The molecule has 0 amide bonds. The highest BCUT2D eigenvalue weighted by Crippen LogP contribution is 2.10. The van der Waals surface area contributed by atoms with Crippen LogP contribution >= 0.6 is 0 Å². The van der Waals surface area contributed by atoms with Crippen molar-refractivity contribution in [3.8, 4) is 0 Å². The second-order valence-electron chi connectivity index (χ2n) is 3.07. The first kappa shape index (κ1) is 10.9. The lowest BCUT2D eigenvalue weighted by molar-refractivity contribution is 0.143. The minimum atomic E-state index is -0.174. The summed E-state index contributed by atoms with van der Waals surface area (Å²) in [6, 6.07) is 5.01. The van der Waals surface area contributed by atoms with Gasteiger partial charge in [-0.05, 0) is 36.6 Å². The first-order chi connectivity index (χ1) is 6.74. The molecule has 0 aliphatic heterocycles. The average molecular weight is 195 g/mol. The zero-order valence-corrected chi connectivity index (χ0v) is 8.16. The summed E-state index contributed by atoms with van der Waals surface area (Å²) in [5, 5.41) is 0. The Bertz CT molecular complexity index is 323. The van der Waals surface area contributed by atoms with Crippen LogP contribution in [0.5, 0.6) is 0 Å². The first-order valence-electron chi connectivity index (χ1n) is 4.48. The summed E-state index contributed by atoms with van der Waals surface area (Å²) in [5.74, 6) is 4.69. The van der Waals surface area contributed by atoms with Crippen LogP contribution in [0.3, 0.4) is 0 Å². The third kappa shape index (κ3) is 3.28. The van der Waals surface area contributed by atoms with Gasteiger partial charge in [-0.1, -0.05) is 18.2 Å². The largest absolute Gasteiger partial charge is 0.304 e. The van der Waals surface area contributed by atoms with Crippen LogP contribution in [0.25, 0.3) is 6.08 Å². The van der Waals surface area contributed by atoms with Crippen molar-refractivity contribution >= 4 is 6.08 Å². The topological polar surface area (TPSA) is 35.2 Å². The Morgan fingerprint density at radius 3 is 2.93 bits per heavy atom. The molecule has 2 nitrogen and oxygen atoms in total. The molecule has 14 heavy (non-hydrogen) atoms. The summed E-state index contributed by atoms with van der Waals surface area (Å²) in [6.07, 6.45) is 4.62. The monoisotopic (exact) mass is 195 g/mol. The van der Waals surface area contributed by atoms with Crippen molar-refractivity contribution in [2.24, 2.45) is 5.90 Å². The molecule has 2 N–H and O–H groups in total. The van der Waals surface area contributed by atoms with Gasteiger partial charge in [-0.25, -0.2) is 10.3 Å². The van der Waals surface area contributed by atoms with E-state index in [4.69, 9.17) is 5.90 Å². The highest BCUT2D eigenvalue weighted by Gasteiger charge is 1.95. The number of rotatable bonds is 4. The Hall–Kier alpha value is -1.19. The molecular formula is C11H14FNO. The molecule has 0 saturated heterocycles. The molecule has 0 radical (unpaired) electrons. The Labute approximate surface area is 83.1 Å². The lowest BCUT2D eigenvalue weighted by Gasteiger charge is -1.98. The molecule has 0 spiro atoms. The van der Waals surface area contributed by atoms with E-state index in [0.29, 0.717) is 12.2 Å². The highest BCUT2D eigenvalue weighted by molar-refractivity contribution is 5.50. The van der Waals surface area contributed by atoms with E-state index in [1.807, 2.05) is 12.2 Å². The number of benzene rings is 1. The Morgan fingerprint density at radius 2 is 2.29 bits per heavy atom. The van der Waals surface area contributed by atoms with Gasteiger partial charge in [0.15, 0.2) is 0 Å².